The zero-order chi connectivity index (χ0) is 74.5. The number of benzene rings is 18. The molecule has 0 heterocycles. The van der Waals surface area contributed by atoms with Gasteiger partial charge in [0.25, 0.3) is 0 Å². The van der Waals surface area contributed by atoms with Crippen molar-refractivity contribution in [1.29, 1.82) is 0 Å². The van der Waals surface area contributed by atoms with E-state index in [1.807, 2.05) is 0 Å². The first-order valence-corrected chi connectivity index (χ1v) is 38.2. The Kier molecular flexibility index (Phi) is 18.8. The number of rotatable bonds is 17. The predicted octanol–water partition coefficient (Wildman–Crippen LogP) is 30.2. The molecule has 0 radical (unpaired) electrons. The maximum atomic E-state index is 2.41. The minimum absolute atomic E-state index is 0.213. The van der Waals surface area contributed by atoms with Crippen LogP contribution >= 0.6 is 0 Å². The maximum absolute atomic E-state index is 2.41. The van der Waals surface area contributed by atoms with Crippen LogP contribution in [0.2, 0.25) is 0 Å². The zero-order valence-corrected chi connectivity index (χ0v) is 62.0. The van der Waals surface area contributed by atoms with Gasteiger partial charge in [0.15, 0.2) is 0 Å². The molecule has 1 aliphatic carbocycles. The summed E-state index contributed by atoms with van der Waals surface area (Å²) in [5.74, 6) is 0. The van der Waals surface area contributed by atoms with Gasteiger partial charge in [-0.05, 0) is 245 Å². The molecule has 0 atom stereocenters. The molecule has 1 aliphatic rings. The van der Waals surface area contributed by atoms with Crippen LogP contribution in [-0.4, -0.2) is 0 Å². The fourth-order valence-electron chi connectivity index (χ4n) is 15.9. The number of hydrogen-bond donors (Lipinski definition) is 0. The molecule has 0 unspecified atom stereocenters. The second-order valence-corrected chi connectivity index (χ2v) is 28.9. The van der Waals surface area contributed by atoms with E-state index < -0.39 is 0 Å². The molecule has 0 aromatic heterocycles. The Morgan fingerprint density at radius 1 is 0.144 bits per heavy atom. The van der Waals surface area contributed by atoms with Gasteiger partial charge < -0.3 is 19.6 Å². The normalized spacial score (nSPS) is 11.8. The Morgan fingerprint density at radius 2 is 0.324 bits per heavy atom. The highest BCUT2D eigenvalue weighted by Crippen LogP contribution is 2.53. The van der Waals surface area contributed by atoms with Gasteiger partial charge in [0.05, 0.1) is 0 Å². The molecule has 0 N–H and O–H groups in total. The van der Waals surface area contributed by atoms with Gasteiger partial charge in [0.2, 0.25) is 0 Å². The molecule has 4 nitrogen and oxygen atoms in total. The quantitative estimate of drug-likeness (QED) is 0.0901. The third-order valence-electron chi connectivity index (χ3n) is 21.7. The molecule has 0 fully saturated rings. The van der Waals surface area contributed by atoms with Crippen LogP contribution < -0.4 is 19.6 Å². The molecule has 111 heavy (non-hydrogen) atoms. The highest BCUT2D eigenvalue weighted by Gasteiger charge is 2.37. The molecule has 0 saturated heterocycles. The van der Waals surface area contributed by atoms with E-state index in [1.54, 1.807) is 0 Å². The average Bonchev–Trinajstić information content (AvgIpc) is 1.57. The lowest BCUT2D eigenvalue weighted by Gasteiger charge is -2.29. The summed E-state index contributed by atoms with van der Waals surface area (Å²) in [6.07, 6.45) is 0. The van der Waals surface area contributed by atoms with Crippen LogP contribution in [-0.2, 0) is 5.41 Å². The molecular formula is C107H80N4. The Balaban J connectivity index is 0.000000156. The van der Waals surface area contributed by atoms with E-state index in [2.05, 4.69) is 482 Å². The highest BCUT2D eigenvalue weighted by atomic mass is 15.2. The van der Waals surface area contributed by atoms with Crippen molar-refractivity contribution in [2.75, 3.05) is 19.6 Å². The summed E-state index contributed by atoms with van der Waals surface area (Å²) >= 11 is 0. The summed E-state index contributed by atoms with van der Waals surface area (Å²) in [7, 11) is 0. The van der Waals surface area contributed by atoms with Crippen molar-refractivity contribution in [2.24, 2.45) is 0 Å². The molecule has 0 aliphatic heterocycles. The minimum Gasteiger partial charge on any atom is -0.310 e. The van der Waals surface area contributed by atoms with Crippen LogP contribution in [0.4, 0.5) is 68.2 Å². The summed E-state index contributed by atoms with van der Waals surface area (Å²) in [6.45, 7) is 4.74. The largest absolute Gasteiger partial charge is 0.310 e. The van der Waals surface area contributed by atoms with Crippen molar-refractivity contribution in [3.8, 4) is 66.8 Å². The SMILES string of the molecule is CC1(C)c2cc(N(c3ccccc3)c3ccccc3)ccc2-c2ccc(N(c3ccc(-c4ccccc4)cc3)c3ccc(-c4ccccc4)cc3)cc21.c1ccc(-c2ccc(N(c3ccc(-c4ccc(N(c5ccc(-c6ccccc6)cc5)c5ccc6ccccc6c5)cc4)cc3)c3ccc4ccccc4c3)cc2)cc1. The Morgan fingerprint density at radius 3 is 0.577 bits per heavy atom. The van der Waals surface area contributed by atoms with Crippen molar-refractivity contribution in [1.82, 2.24) is 0 Å². The van der Waals surface area contributed by atoms with Gasteiger partial charge in [-0.25, -0.2) is 0 Å². The van der Waals surface area contributed by atoms with Gasteiger partial charge in [-0.3, -0.25) is 0 Å². The van der Waals surface area contributed by atoms with E-state index in [4.69, 9.17) is 0 Å². The molecule has 18 aromatic rings. The molecule has 0 spiro atoms. The Hall–Kier alpha value is -14.3. The van der Waals surface area contributed by atoms with Crippen LogP contribution in [0.5, 0.6) is 0 Å². The van der Waals surface area contributed by atoms with E-state index in [1.165, 1.54) is 88.3 Å². The zero-order valence-electron chi connectivity index (χ0n) is 62.0. The second kappa shape index (κ2) is 30.5. The molecule has 528 valence electrons. The molecule has 0 saturated carbocycles. The molecule has 0 amide bonds. The van der Waals surface area contributed by atoms with Gasteiger partial charge in [-0.15, -0.1) is 0 Å². The standard InChI is InChI=1S/C56H40N2.C51H40N2/c1-3-11-41(12-4-1)45-19-29-51(30-20-45)57(55-37-27-43-15-7-9-17-49(43)39-55)53-33-23-47(24-34-53)48-25-35-54(36-26-48)58(56-38-28-44-16-8-10-18-50(44)40-56)52-31-21-46(22-32-52)42-13-5-2-6-14-42;1-51(2)49-35-45(52(41-19-11-5-12-20-41)42-21-13-6-14-22-42)31-33-47(49)48-34-32-46(36-50(48)51)53(43-27-23-39(24-28-43)37-15-7-3-8-16-37)44-29-25-40(26-30-44)38-17-9-4-10-18-38/h1-40H;3-36H,1-2H3. The first kappa shape index (κ1) is 68.5. The van der Waals surface area contributed by atoms with E-state index in [0.717, 1.165) is 79.4 Å². The van der Waals surface area contributed by atoms with E-state index in [9.17, 15) is 0 Å². The second-order valence-electron chi connectivity index (χ2n) is 28.9. The van der Waals surface area contributed by atoms with E-state index >= 15 is 0 Å². The lowest BCUT2D eigenvalue weighted by atomic mass is 9.82. The van der Waals surface area contributed by atoms with Crippen LogP contribution in [0.3, 0.4) is 0 Å². The summed E-state index contributed by atoms with van der Waals surface area (Å²) in [6, 6.07) is 162. The number of nitrogens with zero attached hydrogens (tertiary/aromatic N) is 4. The Bertz CT molecular complexity index is 5890. The van der Waals surface area contributed by atoms with E-state index in [-0.39, 0.29) is 5.41 Å². The monoisotopic (exact) mass is 1420 g/mol. The fourth-order valence-corrected chi connectivity index (χ4v) is 15.9. The van der Waals surface area contributed by atoms with Crippen LogP contribution in [0, 0.1) is 0 Å². The third-order valence-corrected chi connectivity index (χ3v) is 21.7. The van der Waals surface area contributed by atoms with Crippen LogP contribution in [0.25, 0.3) is 88.3 Å². The smallest absolute Gasteiger partial charge is 0.0468 e. The van der Waals surface area contributed by atoms with E-state index in [0.29, 0.717) is 0 Å². The van der Waals surface area contributed by atoms with Crippen LogP contribution in [0.1, 0.15) is 25.0 Å². The van der Waals surface area contributed by atoms with Gasteiger partial charge in [-0.1, -0.05) is 317 Å². The number of para-hydroxylation sites is 2. The minimum atomic E-state index is -0.213. The van der Waals surface area contributed by atoms with Gasteiger partial charge >= 0.3 is 0 Å². The predicted molar refractivity (Wildman–Crippen MR) is 471 cm³/mol. The van der Waals surface area contributed by atoms with Crippen molar-refractivity contribution in [2.45, 2.75) is 19.3 Å². The first-order chi connectivity index (χ1) is 54.8. The number of anilines is 12. The maximum Gasteiger partial charge on any atom is 0.0468 e. The van der Waals surface area contributed by atoms with Crippen molar-refractivity contribution >= 4 is 89.8 Å². The molecule has 4 heteroatoms. The first-order valence-electron chi connectivity index (χ1n) is 38.2. The Labute approximate surface area is 651 Å². The van der Waals surface area contributed by atoms with Crippen molar-refractivity contribution < 1.29 is 0 Å². The van der Waals surface area contributed by atoms with Crippen molar-refractivity contribution in [3.63, 3.8) is 0 Å². The summed E-state index contributed by atoms with van der Waals surface area (Å²) in [5, 5.41) is 4.89. The fraction of sp³-hybridized carbons (Fsp3) is 0.0280. The van der Waals surface area contributed by atoms with Gasteiger partial charge in [0.1, 0.15) is 0 Å². The summed E-state index contributed by atoms with van der Waals surface area (Å²) in [4.78, 5) is 9.43. The molecule has 18 aromatic carbocycles. The molecule has 19 rings (SSSR count). The third kappa shape index (κ3) is 14.1. The number of hydrogen-bond acceptors (Lipinski definition) is 4. The summed E-state index contributed by atoms with van der Waals surface area (Å²) in [5.41, 5.74) is 30.5. The molecule has 0 bridgehead atoms. The van der Waals surface area contributed by atoms with Crippen LogP contribution in [0.15, 0.2) is 449 Å². The summed E-state index contributed by atoms with van der Waals surface area (Å²) < 4.78 is 0. The highest BCUT2D eigenvalue weighted by molar-refractivity contribution is 5.94. The number of fused-ring (bicyclic) bond motifs is 5. The lowest BCUT2D eigenvalue weighted by Crippen LogP contribution is -2.17. The lowest BCUT2D eigenvalue weighted by molar-refractivity contribution is 0.660. The average molecular weight is 1420 g/mol. The van der Waals surface area contributed by atoms with Crippen molar-refractivity contribution in [3.05, 3.63) is 460 Å². The van der Waals surface area contributed by atoms with Gasteiger partial charge in [-0.2, -0.15) is 0 Å². The van der Waals surface area contributed by atoms with Gasteiger partial charge in [0, 0.05) is 73.7 Å². The molecular weight excluding hydrogens is 1340 g/mol. The topological polar surface area (TPSA) is 13.0 Å².